The highest BCUT2D eigenvalue weighted by Gasteiger charge is 2.12. The van der Waals surface area contributed by atoms with E-state index in [1.165, 1.54) is 36.4 Å². The van der Waals surface area contributed by atoms with Crippen molar-refractivity contribution in [1.82, 2.24) is 15.5 Å². The van der Waals surface area contributed by atoms with E-state index in [4.69, 9.17) is 5.26 Å². The topological polar surface area (TPSA) is 106 Å². The molecule has 0 aliphatic carbocycles. The zero-order valence-corrected chi connectivity index (χ0v) is 16.0. The van der Waals surface area contributed by atoms with E-state index in [9.17, 15) is 13.6 Å². The molecule has 0 spiro atoms. The lowest BCUT2D eigenvalue weighted by Gasteiger charge is -2.14. The fourth-order valence-corrected chi connectivity index (χ4v) is 2.56. The number of benzene rings is 2. The van der Waals surface area contributed by atoms with Crippen molar-refractivity contribution in [2.45, 2.75) is 19.4 Å². The summed E-state index contributed by atoms with van der Waals surface area (Å²) in [4.78, 5) is 16.4. The van der Waals surface area contributed by atoms with E-state index in [0.717, 1.165) is 5.56 Å². The number of carbonyl (C=O) groups is 1. The molecular weight excluding hydrogens is 390 g/mol. The van der Waals surface area contributed by atoms with Gasteiger partial charge in [0.1, 0.15) is 11.6 Å². The number of carbonyl (C=O) groups excluding carboxylic acids is 1. The lowest BCUT2D eigenvalue weighted by atomic mass is 10.1. The van der Waals surface area contributed by atoms with E-state index >= 15 is 0 Å². The Hall–Kier alpha value is -4.06. The molecule has 152 valence electrons. The number of guanidine groups is 1. The number of halogens is 2. The summed E-state index contributed by atoms with van der Waals surface area (Å²) in [6.07, 6.45) is 0.187. The van der Waals surface area contributed by atoms with Gasteiger partial charge < -0.3 is 10.6 Å². The van der Waals surface area contributed by atoms with Crippen LogP contribution in [0.25, 0.3) is 11.3 Å². The molecule has 0 radical (unpaired) electrons. The standard InChI is InChI=1S/C21H18F2N6O/c1-13(10-11-24)25-21(27-20(30)15-4-8-17(23)9-5-15)26-19-12-18(28-29-19)14-2-6-16(22)7-3-14/h2-9,12-13H,10H2,1H3,(H3,25,26,27,28,29,30). The van der Waals surface area contributed by atoms with Gasteiger partial charge in [-0.05, 0) is 61.0 Å². The van der Waals surface area contributed by atoms with Crippen molar-refractivity contribution < 1.29 is 13.6 Å². The second kappa shape index (κ2) is 9.43. The quantitative estimate of drug-likeness (QED) is 0.439. The summed E-state index contributed by atoms with van der Waals surface area (Å²) in [6, 6.07) is 14.3. The molecular formula is C21H18F2N6O. The van der Waals surface area contributed by atoms with Gasteiger partial charge in [0.25, 0.3) is 5.91 Å². The molecule has 2 aromatic carbocycles. The summed E-state index contributed by atoms with van der Waals surface area (Å²) in [5.41, 5.74) is 1.56. The molecule has 1 heterocycles. The number of hydrogen-bond donors (Lipinski definition) is 3. The first-order chi connectivity index (χ1) is 14.4. The van der Waals surface area contributed by atoms with Crippen LogP contribution in [0.3, 0.4) is 0 Å². The highest BCUT2D eigenvalue weighted by Crippen LogP contribution is 2.20. The monoisotopic (exact) mass is 408 g/mol. The molecule has 3 aromatic rings. The van der Waals surface area contributed by atoms with Crippen molar-refractivity contribution in [3.05, 3.63) is 71.8 Å². The summed E-state index contributed by atoms with van der Waals surface area (Å²) < 4.78 is 26.2. The molecule has 1 aromatic heterocycles. The van der Waals surface area contributed by atoms with Gasteiger partial charge in [-0.15, -0.1) is 0 Å². The molecule has 1 amide bonds. The van der Waals surface area contributed by atoms with E-state index in [1.54, 1.807) is 25.1 Å². The van der Waals surface area contributed by atoms with Gasteiger partial charge in [-0.1, -0.05) is 0 Å². The van der Waals surface area contributed by atoms with Crippen LogP contribution in [0.15, 0.2) is 59.6 Å². The minimum Gasteiger partial charge on any atom is -0.352 e. The highest BCUT2D eigenvalue weighted by atomic mass is 19.1. The molecule has 3 N–H and O–H groups in total. The second-order valence-corrected chi connectivity index (χ2v) is 6.48. The minimum atomic E-state index is -0.594. The van der Waals surface area contributed by atoms with E-state index in [1.807, 2.05) is 6.07 Å². The van der Waals surface area contributed by atoms with Gasteiger partial charge in [0.2, 0.25) is 5.96 Å². The number of H-pyrrole nitrogens is 1. The fraction of sp³-hybridized carbons (Fsp3) is 0.143. The number of aliphatic imine (C=N–C) groups is 1. The summed E-state index contributed by atoms with van der Waals surface area (Å²) in [7, 11) is 0. The number of nitrogens with one attached hydrogen (secondary N) is 3. The molecule has 0 aliphatic heterocycles. The molecule has 0 bridgehead atoms. The molecule has 30 heavy (non-hydrogen) atoms. The Morgan fingerprint density at radius 3 is 2.43 bits per heavy atom. The molecule has 0 saturated carbocycles. The molecule has 7 nitrogen and oxygen atoms in total. The van der Waals surface area contributed by atoms with Crippen LogP contribution in [0.1, 0.15) is 23.7 Å². The van der Waals surface area contributed by atoms with Crippen molar-refractivity contribution in [3.63, 3.8) is 0 Å². The number of aromatic amines is 1. The maximum atomic E-state index is 13.1. The fourth-order valence-electron chi connectivity index (χ4n) is 2.56. The first-order valence-electron chi connectivity index (χ1n) is 9.05. The van der Waals surface area contributed by atoms with Gasteiger partial charge >= 0.3 is 0 Å². The van der Waals surface area contributed by atoms with E-state index < -0.39 is 11.7 Å². The normalized spacial score (nSPS) is 12.1. The molecule has 0 saturated heterocycles. The third-order valence-electron chi connectivity index (χ3n) is 4.06. The Morgan fingerprint density at radius 2 is 1.80 bits per heavy atom. The number of rotatable bonds is 5. The lowest BCUT2D eigenvalue weighted by molar-refractivity contribution is 0.100. The van der Waals surface area contributed by atoms with Crippen LogP contribution in [0.4, 0.5) is 14.6 Å². The van der Waals surface area contributed by atoms with E-state index in [-0.39, 0.29) is 29.8 Å². The van der Waals surface area contributed by atoms with Gasteiger partial charge in [0.05, 0.1) is 18.2 Å². The second-order valence-electron chi connectivity index (χ2n) is 6.48. The number of hydrogen-bond acceptors (Lipinski definition) is 3. The Balaban J connectivity index is 1.82. The van der Waals surface area contributed by atoms with Crippen LogP contribution in [0.5, 0.6) is 0 Å². The first kappa shape index (κ1) is 20.7. The number of nitriles is 1. The van der Waals surface area contributed by atoms with E-state index in [0.29, 0.717) is 11.5 Å². The van der Waals surface area contributed by atoms with Crippen LogP contribution in [0.2, 0.25) is 0 Å². The van der Waals surface area contributed by atoms with Gasteiger partial charge in [0, 0.05) is 17.7 Å². The maximum absolute atomic E-state index is 13.1. The van der Waals surface area contributed by atoms with Crippen molar-refractivity contribution in [3.8, 4) is 17.3 Å². The molecule has 1 atom stereocenters. The summed E-state index contributed by atoms with van der Waals surface area (Å²) in [6.45, 7) is 1.76. The van der Waals surface area contributed by atoms with Crippen molar-refractivity contribution in [2.75, 3.05) is 5.32 Å². The van der Waals surface area contributed by atoms with Crippen molar-refractivity contribution in [2.24, 2.45) is 4.99 Å². The van der Waals surface area contributed by atoms with E-state index in [2.05, 4.69) is 25.8 Å². The minimum absolute atomic E-state index is 0.0873. The Kier molecular flexibility index (Phi) is 6.49. The summed E-state index contributed by atoms with van der Waals surface area (Å²) >= 11 is 0. The van der Waals surface area contributed by atoms with Crippen LogP contribution in [0, 0.1) is 23.0 Å². The number of nitrogens with zero attached hydrogens (tertiary/aromatic N) is 3. The maximum Gasteiger partial charge on any atom is 0.280 e. The molecule has 0 fully saturated rings. The number of anilines is 1. The molecule has 1 unspecified atom stereocenters. The SMILES string of the molecule is CC(CC#N)N/C(=N/C(=O)c1ccc(F)cc1)Nc1cc(-c2ccc(F)cc2)[nH]n1. The van der Waals surface area contributed by atoms with Gasteiger partial charge in [0.15, 0.2) is 5.82 Å². The van der Waals surface area contributed by atoms with Crippen molar-refractivity contribution >= 4 is 17.7 Å². The first-order valence-corrected chi connectivity index (χ1v) is 9.05. The predicted octanol–water partition coefficient (Wildman–Crippen LogP) is 3.85. The van der Waals surface area contributed by atoms with Gasteiger partial charge in [-0.3, -0.25) is 9.89 Å². The van der Waals surface area contributed by atoms with Gasteiger partial charge in [-0.2, -0.15) is 15.4 Å². The Bertz CT molecular complexity index is 1080. The van der Waals surface area contributed by atoms with Crippen LogP contribution < -0.4 is 10.6 Å². The smallest absolute Gasteiger partial charge is 0.280 e. The number of amides is 1. The number of aromatic nitrogens is 2. The summed E-state index contributed by atoms with van der Waals surface area (Å²) in [5, 5.41) is 21.7. The summed E-state index contributed by atoms with van der Waals surface area (Å²) in [5.74, 6) is -0.954. The largest absolute Gasteiger partial charge is 0.352 e. The zero-order valence-electron chi connectivity index (χ0n) is 16.0. The van der Waals surface area contributed by atoms with Crippen molar-refractivity contribution in [1.29, 1.82) is 5.26 Å². The average molecular weight is 408 g/mol. The lowest BCUT2D eigenvalue weighted by Crippen LogP contribution is -2.38. The third kappa shape index (κ3) is 5.48. The average Bonchev–Trinajstić information content (AvgIpc) is 3.17. The van der Waals surface area contributed by atoms with Crippen LogP contribution >= 0.6 is 0 Å². The van der Waals surface area contributed by atoms with Gasteiger partial charge in [-0.25, -0.2) is 8.78 Å². The van der Waals surface area contributed by atoms with Crippen LogP contribution in [-0.4, -0.2) is 28.1 Å². The Labute approximate surface area is 171 Å². The third-order valence-corrected chi connectivity index (χ3v) is 4.06. The van der Waals surface area contributed by atoms with Crippen LogP contribution in [-0.2, 0) is 0 Å². The predicted molar refractivity (Wildman–Crippen MR) is 109 cm³/mol. The Morgan fingerprint density at radius 1 is 1.17 bits per heavy atom. The molecule has 0 aliphatic rings. The molecule has 9 heteroatoms. The zero-order chi connectivity index (χ0) is 21.5. The highest BCUT2D eigenvalue weighted by molar-refractivity contribution is 6.06. The molecule has 3 rings (SSSR count).